The van der Waals surface area contributed by atoms with E-state index in [-0.39, 0.29) is 0 Å². The Morgan fingerprint density at radius 3 is 1.50 bits per heavy atom. The normalized spacial score (nSPS) is 10.7. The zero-order chi connectivity index (χ0) is 14.5. The van der Waals surface area contributed by atoms with Crippen LogP contribution in [0.15, 0.2) is 46.6 Å². The summed E-state index contributed by atoms with van der Waals surface area (Å²) in [7, 11) is 3.11. The fourth-order valence-corrected chi connectivity index (χ4v) is 1.64. The monoisotopic (exact) mass is 272 g/mol. The first-order valence-corrected chi connectivity index (χ1v) is 5.93. The van der Waals surface area contributed by atoms with E-state index in [1.807, 2.05) is 0 Å². The highest BCUT2D eigenvalue weighted by atomic mass is 16.5. The second kappa shape index (κ2) is 5.92. The molecule has 0 saturated carbocycles. The van der Waals surface area contributed by atoms with Crippen molar-refractivity contribution in [2.75, 3.05) is 25.7 Å². The Kier molecular flexibility index (Phi) is 4.05. The highest BCUT2D eigenvalue weighted by Crippen LogP contribution is 2.30. The Balaban J connectivity index is 2.25. The maximum Gasteiger partial charge on any atom is 0.143 e. The van der Waals surface area contributed by atoms with E-state index in [0.717, 1.165) is 0 Å². The number of methoxy groups -OCH3 is 2. The van der Waals surface area contributed by atoms with Crippen LogP contribution in [0.1, 0.15) is 0 Å². The van der Waals surface area contributed by atoms with Gasteiger partial charge in [-0.2, -0.15) is 10.2 Å². The molecule has 2 rings (SSSR count). The zero-order valence-electron chi connectivity index (χ0n) is 11.3. The minimum Gasteiger partial charge on any atom is -0.495 e. The molecule has 0 heterocycles. The third-order valence-corrected chi connectivity index (χ3v) is 2.72. The van der Waals surface area contributed by atoms with E-state index >= 15 is 0 Å². The van der Waals surface area contributed by atoms with Crippen LogP contribution in [0.3, 0.4) is 0 Å². The maximum absolute atomic E-state index is 5.73. The Bertz CT molecular complexity index is 586. The highest BCUT2D eigenvalue weighted by molar-refractivity contribution is 5.61. The molecule has 0 atom stereocenters. The van der Waals surface area contributed by atoms with E-state index in [9.17, 15) is 0 Å². The van der Waals surface area contributed by atoms with Gasteiger partial charge in [0.25, 0.3) is 0 Å². The van der Waals surface area contributed by atoms with Crippen LogP contribution >= 0.6 is 0 Å². The smallest absolute Gasteiger partial charge is 0.143 e. The molecule has 0 amide bonds. The third-order valence-electron chi connectivity index (χ3n) is 2.72. The predicted molar refractivity (Wildman–Crippen MR) is 79.0 cm³/mol. The fraction of sp³-hybridized carbons (Fsp3) is 0.143. The number of anilines is 2. The standard InChI is InChI=1S/C14H16N4O2/c1-19-13-7-9(3-5-11(13)15)17-18-10-4-6-12(16)14(8-10)20-2/h3-8H,15-16H2,1-2H3. The number of nitrogens with zero attached hydrogens (tertiary/aromatic N) is 2. The van der Waals surface area contributed by atoms with Crippen molar-refractivity contribution in [1.29, 1.82) is 0 Å². The summed E-state index contributed by atoms with van der Waals surface area (Å²) in [6.07, 6.45) is 0. The quantitative estimate of drug-likeness (QED) is 0.659. The SMILES string of the molecule is COc1cc(N=Nc2ccc(N)c(OC)c2)ccc1N. The summed E-state index contributed by atoms with van der Waals surface area (Å²) in [5.74, 6) is 1.13. The van der Waals surface area contributed by atoms with Crippen LogP contribution in [-0.4, -0.2) is 14.2 Å². The topological polar surface area (TPSA) is 95.2 Å². The van der Waals surface area contributed by atoms with Gasteiger partial charge in [0, 0.05) is 12.1 Å². The number of nitrogen functional groups attached to an aromatic ring is 2. The second-order valence-corrected chi connectivity index (χ2v) is 4.05. The first-order valence-electron chi connectivity index (χ1n) is 5.93. The molecule has 0 fully saturated rings. The lowest BCUT2D eigenvalue weighted by Gasteiger charge is -2.05. The van der Waals surface area contributed by atoms with Gasteiger partial charge in [0.15, 0.2) is 0 Å². The van der Waals surface area contributed by atoms with Gasteiger partial charge in [0.05, 0.1) is 37.0 Å². The number of azo groups is 1. The Morgan fingerprint density at radius 2 is 1.15 bits per heavy atom. The van der Waals surface area contributed by atoms with Gasteiger partial charge in [-0.3, -0.25) is 0 Å². The summed E-state index contributed by atoms with van der Waals surface area (Å²) in [4.78, 5) is 0. The molecule has 0 bridgehead atoms. The maximum atomic E-state index is 5.73. The molecule has 0 aliphatic carbocycles. The van der Waals surface area contributed by atoms with E-state index in [2.05, 4.69) is 10.2 Å². The first-order chi connectivity index (χ1) is 9.63. The number of ether oxygens (including phenoxy) is 2. The van der Waals surface area contributed by atoms with Crippen LogP contribution in [-0.2, 0) is 0 Å². The van der Waals surface area contributed by atoms with Crippen LogP contribution in [0.25, 0.3) is 0 Å². The lowest BCUT2D eigenvalue weighted by molar-refractivity contribution is 0.417. The zero-order valence-corrected chi connectivity index (χ0v) is 11.3. The molecule has 2 aromatic rings. The van der Waals surface area contributed by atoms with Crippen LogP contribution in [0.4, 0.5) is 22.7 Å². The third kappa shape index (κ3) is 2.97. The molecule has 6 heteroatoms. The minimum absolute atomic E-state index is 0.556. The van der Waals surface area contributed by atoms with Crippen LogP contribution < -0.4 is 20.9 Å². The Labute approximate surface area is 117 Å². The second-order valence-electron chi connectivity index (χ2n) is 4.05. The van der Waals surface area contributed by atoms with Gasteiger partial charge in [0.2, 0.25) is 0 Å². The summed E-state index contributed by atoms with van der Waals surface area (Å²) in [6, 6.07) is 10.4. The van der Waals surface area contributed by atoms with Crippen molar-refractivity contribution in [3.63, 3.8) is 0 Å². The van der Waals surface area contributed by atoms with Gasteiger partial charge in [-0.05, 0) is 24.3 Å². The lowest BCUT2D eigenvalue weighted by Crippen LogP contribution is -1.91. The van der Waals surface area contributed by atoms with Crippen LogP contribution in [0.2, 0.25) is 0 Å². The molecule has 0 aliphatic rings. The molecule has 6 nitrogen and oxygen atoms in total. The van der Waals surface area contributed by atoms with E-state index in [1.165, 1.54) is 0 Å². The molecule has 0 aliphatic heterocycles. The highest BCUT2D eigenvalue weighted by Gasteiger charge is 2.02. The van der Waals surface area contributed by atoms with Gasteiger partial charge in [0.1, 0.15) is 11.5 Å². The van der Waals surface area contributed by atoms with E-state index in [4.69, 9.17) is 20.9 Å². The molecule has 0 saturated heterocycles. The summed E-state index contributed by atoms with van der Waals surface area (Å²) in [5.41, 5.74) is 13.9. The predicted octanol–water partition coefficient (Wildman–Crippen LogP) is 3.28. The van der Waals surface area contributed by atoms with Gasteiger partial charge >= 0.3 is 0 Å². The molecular formula is C14H16N4O2. The van der Waals surface area contributed by atoms with Crippen molar-refractivity contribution in [2.45, 2.75) is 0 Å². The number of nitrogens with two attached hydrogens (primary N) is 2. The molecule has 4 N–H and O–H groups in total. The van der Waals surface area contributed by atoms with E-state index in [1.54, 1.807) is 50.6 Å². The van der Waals surface area contributed by atoms with Crippen molar-refractivity contribution >= 4 is 22.7 Å². The molecule has 104 valence electrons. The van der Waals surface area contributed by atoms with Crippen LogP contribution in [0.5, 0.6) is 11.5 Å². The largest absolute Gasteiger partial charge is 0.495 e. The minimum atomic E-state index is 0.556. The fourth-order valence-electron chi connectivity index (χ4n) is 1.64. The molecule has 0 spiro atoms. The molecule has 0 radical (unpaired) electrons. The molecular weight excluding hydrogens is 256 g/mol. The van der Waals surface area contributed by atoms with Crippen molar-refractivity contribution in [3.8, 4) is 11.5 Å². The van der Waals surface area contributed by atoms with Gasteiger partial charge in [-0.1, -0.05) is 0 Å². The van der Waals surface area contributed by atoms with Crippen molar-refractivity contribution in [1.82, 2.24) is 0 Å². The Morgan fingerprint density at radius 1 is 0.750 bits per heavy atom. The Hall–Kier alpha value is -2.76. The number of rotatable bonds is 4. The molecule has 20 heavy (non-hydrogen) atoms. The van der Waals surface area contributed by atoms with Gasteiger partial charge in [-0.25, -0.2) is 0 Å². The molecule has 2 aromatic carbocycles. The average molecular weight is 272 g/mol. The van der Waals surface area contributed by atoms with E-state index < -0.39 is 0 Å². The van der Waals surface area contributed by atoms with Gasteiger partial charge in [-0.15, -0.1) is 0 Å². The summed E-state index contributed by atoms with van der Waals surface area (Å²) < 4.78 is 10.3. The van der Waals surface area contributed by atoms with Gasteiger partial charge < -0.3 is 20.9 Å². The summed E-state index contributed by atoms with van der Waals surface area (Å²) in [6.45, 7) is 0. The molecule has 0 unspecified atom stereocenters. The van der Waals surface area contributed by atoms with Crippen molar-refractivity contribution < 1.29 is 9.47 Å². The van der Waals surface area contributed by atoms with Crippen molar-refractivity contribution in [3.05, 3.63) is 36.4 Å². The van der Waals surface area contributed by atoms with Crippen LogP contribution in [0, 0.1) is 0 Å². The lowest BCUT2D eigenvalue weighted by atomic mass is 10.2. The summed E-state index contributed by atoms with van der Waals surface area (Å²) in [5, 5.41) is 8.25. The number of hydrogen-bond acceptors (Lipinski definition) is 6. The van der Waals surface area contributed by atoms with E-state index in [0.29, 0.717) is 34.2 Å². The average Bonchev–Trinajstić information content (AvgIpc) is 2.47. The van der Waals surface area contributed by atoms with Crippen molar-refractivity contribution in [2.24, 2.45) is 10.2 Å². The first kappa shape index (κ1) is 13.7. The summed E-state index contributed by atoms with van der Waals surface area (Å²) >= 11 is 0. The molecule has 0 aromatic heterocycles. The number of hydrogen-bond donors (Lipinski definition) is 2. The number of benzene rings is 2.